The molecule has 0 aromatic heterocycles. The number of rotatable bonds is 7. The number of carbonyl (C=O) groups excluding carboxylic acids is 1. The second-order valence-corrected chi connectivity index (χ2v) is 7.52. The third-order valence-corrected chi connectivity index (χ3v) is 5.30. The molecule has 0 saturated carbocycles. The molecule has 0 atom stereocenters. The molecule has 0 heterocycles. The van der Waals surface area contributed by atoms with Gasteiger partial charge >= 0.3 is 5.97 Å². The Morgan fingerprint density at radius 2 is 1.30 bits per heavy atom. The Bertz CT molecular complexity index is 1050. The van der Waals surface area contributed by atoms with Crippen molar-refractivity contribution in [3.8, 4) is 11.5 Å². The first-order valence-corrected chi connectivity index (χ1v) is 9.98. The van der Waals surface area contributed by atoms with Crippen LogP contribution in [0.2, 0.25) is 0 Å². The average Bonchev–Trinajstić information content (AvgIpc) is 2.73. The van der Waals surface area contributed by atoms with Gasteiger partial charge in [-0.2, -0.15) is 0 Å². The van der Waals surface area contributed by atoms with Gasteiger partial charge in [0.1, 0.15) is 24.7 Å². The van der Waals surface area contributed by atoms with Crippen molar-refractivity contribution in [2.75, 3.05) is 7.11 Å². The molecule has 0 spiro atoms. The zero-order valence-corrected chi connectivity index (χ0v) is 18.2. The normalized spacial score (nSPS) is 10.6. The summed E-state index contributed by atoms with van der Waals surface area (Å²) in [4.78, 5) is 12.1. The number of benzene rings is 3. The van der Waals surface area contributed by atoms with Crippen molar-refractivity contribution in [3.63, 3.8) is 0 Å². The smallest absolute Gasteiger partial charge is 0.338 e. The molecule has 4 nitrogen and oxygen atoms in total. The summed E-state index contributed by atoms with van der Waals surface area (Å²) in [6.45, 7) is 8.99. The van der Waals surface area contributed by atoms with Crippen LogP contribution in [0.4, 0.5) is 0 Å². The monoisotopic (exact) mass is 404 g/mol. The fourth-order valence-corrected chi connectivity index (χ4v) is 3.39. The van der Waals surface area contributed by atoms with Crippen molar-refractivity contribution in [2.45, 2.75) is 40.9 Å². The molecule has 30 heavy (non-hydrogen) atoms. The van der Waals surface area contributed by atoms with Gasteiger partial charge in [0.15, 0.2) is 0 Å². The molecule has 0 unspecified atom stereocenters. The second-order valence-electron chi connectivity index (χ2n) is 7.52. The Morgan fingerprint density at radius 1 is 0.700 bits per heavy atom. The van der Waals surface area contributed by atoms with E-state index in [1.54, 1.807) is 0 Å². The van der Waals surface area contributed by atoms with Crippen molar-refractivity contribution in [1.29, 1.82) is 0 Å². The molecular weight excluding hydrogens is 376 g/mol. The first kappa shape index (κ1) is 21.4. The van der Waals surface area contributed by atoms with Crippen molar-refractivity contribution in [3.05, 3.63) is 93.5 Å². The number of hydrogen-bond donors (Lipinski definition) is 0. The van der Waals surface area contributed by atoms with Crippen molar-refractivity contribution in [1.82, 2.24) is 0 Å². The summed E-state index contributed by atoms with van der Waals surface area (Å²) in [5.41, 5.74) is 7.15. The highest BCUT2D eigenvalue weighted by Gasteiger charge is 2.15. The lowest BCUT2D eigenvalue weighted by Crippen LogP contribution is -2.10. The summed E-state index contributed by atoms with van der Waals surface area (Å²) >= 11 is 0. The largest absolute Gasteiger partial charge is 0.489 e. The van der Waals surface area contributed by atoms with Gasteiger partial charge in [0.05, 0.1) is 12.7 Å². The Hall–Kier alpha value is -3.27. The molecule has 0 saturated heterocycles. The van der Waals surface area contributed by atoms with Crippen molar-refractivity contribution >= 4 is 5.97 Å². The molecule has 156 valence electrons. The maximum Gasteiger partial charge on any atom is 0.338 e. The Balaban J connectivity index is 1.69. The van der Waals surface area contributed by atoms with Gasteiger partial charge in [-0.15, -0.1) is 0 Å². The van der Waals surface area contributed by atoms with Crippen LogP contribution in [-0.4, -0.2) is 13.1 Å². The van der Waals surface area contributed by atoms with Crippen molar-refractivity contribution in [2.24, 2.45) is 0 Å². The molecule has 0 aliphatic rings. The number of methoxy groups -OCH3 is 1. The molecule has 0 amide bonds. The van der Waals surface area contributed by atoms with E-state index in [-0.39, 0.29) is 12.6 Å². The maximum atomic E-state index is 12.1. The molecule has 4 heteroatoms. The van der Waals surface area contributed by atoms with Crippen LogP contribution in [0.25, 0.3) is 0 Å². The molecule has 0 radical (unpaired) electrons. The van der Waals surface area contributed by atoms with E-state index in [1.165, 1.54) is 29.4 Å². The van der Waals surface area contributed by atoms with E-state index in [1.807, 2.05) is 49.4 Å². The zero-order valence-electron chi connectivity index (χ0n) is 18.2. The molecule has 3 aromatic rings. The number of aryl methyl sites for hydroxylation is 4. The van der Waals surface area contributed by atoms with E-state index in [4.69, 9.17) is 14.2 Å². The van der Waals surface area contributed by atoms with Crippen LogP contribution in [0.3, 0.4) is 0 Å². The van der Waals surface area contributed by atoms with Gasteiger partial charge in [-0.25, -0.2) is 4.79 Å². The summed E-state index contributed by atoms with van der Waals surface area (Å²) in [6.07, 6.45) is 0. The lowest BCUT2D eigenvalue weighted by molar-refractivity contribution is 0.0597. The highest BCUT2D eigenvalue weighted by Crippen LogP contribution is 2.24. The van der Waals surface area contributed by atoms with Gasteiger partial charge in [-0.3, -0.25) is 0 Å². The third kappa shape index (κ3) is 5.01. The number of ether oxygens (including phenoxy) is 3. The minimum atomic E-state index is -0.354. The summed E-state index contributed by atoms with van der Waals surface area (Å²) < 4.78 is 16.9. The van der Waals surface area contributed by atoms with E-state index in [2.05, 4.69) is 32.9 Å². The van der Waals surface area contributed by atoms with Gasteiger partial charge in [0.2, 0.25) is 0 Å². The molecule has 0 fully saturated rings. The van der Waals surface area contributed by atoms with E-state index in [0.29, 0.717) is 17.9 Å². The molecule has 3 rings (SSSR count). The minimum absolute atomic E-state index is 0.270. The second kappa shape index (κ2) is 9.49. The Morgan fingerprint density at radius 3 is 1.97 bits per heavy atom. The van der Waals surface area contributed by atoms with Crippen LogP contribution in [0.1, 0.15) is 43.7 Å². The van der Waals surface area contributed by atoms with Gasteiger partial charge in [-0.05, 0) is 67.6 Å². The quantitative estimate of drug-likeness (QED) is 0.462. The van der Waals surface area contributed by atoms with Crippen LogP contribution >= 0.6 is 0 Å². The number of esters is 1. The highest BCUT2D eigenvalue weighted by atomic mass is 16.5. The van der Waals surface area contributed by atoms with Crippen LogP contribution in [0.5, 0.6) is 11.5 Å². The lowest BCUT2D eigenvalue weighted by Gasteiger charge is -2.14. The van der Waals surface area contributed by atoms with E-state index in [0.717, 1.165) is 16.9 Å². The number of carbonyl (C=O) groups is 1. The van der Waals surface area contributed by atoms with Gasteiger partial charge in [-0.1, -0.05) is 36.4 Å². The summed E-state index contributed by atoms with van der Waals surface area (Å²) in [5, 5.41) is 0. The topological polar surface area (TPSA) is 44.8 Å². The molecule has 3 aromatic carbocycles. The van der Waals surface area contributed by atoms with Gasteiger partial charge in [0.25, 0.3) is 0 Å². The first-order valence-electron chi connectivity index (χ1n) is 9.98. The molecule has 0 aliphatic carbocycles. The fourth-order valence-electron chi connectivity index (χ4n) is 3.39. The third-order valence-electron chi connectivity index (χ3n) is 5.30. The Labute approximate surface area is 178 Å². The molecule has 0 aliphatic heterocycles. The fraction of sp³-hybridized carbons (Fsp3) is 0.269. The zero-order chi connectivity index (χ0) is 21.7. The summed E-state index contributed by atoms with van der Waals surface area (Å²) in [6, 6.07) is 17.6. The van der Waals surface area contributed by atoms with Gasteiger partial charge in [0, 0.05) is 11.6 Å². The summed E-state index contributed by atoms with van der Waals surface area (Å²) in [7, 11) is 1.39. The van der Waals surface area contributed by atoms with E-state index in [9.17, 15) is 4.79 Å². The predicted molar refractivity (Wildman–Crippen MR) is 118 cm³/mol. The predicted octanol–water partition coefficient (Wildman–Crippen LogP) is 5.86. The SMILES string of the molecule is COC(=O)c1c(C)cccc1COc1cccc(OCc2cc(C)c(C)cc2C)c1. The van der Waals surface area contributed by atoms with E-state index < -0.39 is 0 Å². The molecule has 0 bridgehead atoms. The highest BCUT2D eigenvalue weighted by molar-refractivity contribution is 5.92. The average molecular weight is 405 g/mol. The van der Waals surface area contributed by atoms with Crippen LogP contribution in [0, 0.1) is 27.7 Å². The summed E-state index contributed by atoms with van der Waals surface area (Å²) in [5.74, 6) is 1.07. The lowest BCUT2D eigenvalue weighted by atomic mass is 10.0. The maximum absolute atomic E-state index is 12.1. The van der Waals surface area contributed by atoms with Crippen LogP contribution in [-0.2, 0) is 18.0 Å². The van der Waals surface area contributed by atoms with Crippen molar-refractivity contribution < 1.29 is 19.0 Å². The minimum Gasteiger partial charge on any atom is -0.489 e. The Kier molecular flexibility index (Phi) is 6.78. The van der Waals surface area contributed by atoms with Gasteiger partial charge < -0.3 is 14.2 Å². The van der Waals surface area contributed by atoms with E-state index >= 15 is 0 Å². The van der Waals surface area contributed by atoms with Crippen LogP contribution < -0.4 is 9.47 Å². The molecular formula is C26H28O4. The first-order chi connectivity index (χ1) is 14.4. The standard InChI is InChI=1S/C26H28O4/c1-17-8-6-9-21(25(17)26(27)28-5)15-29-23-10-7-11-24(14-23)30-16-22-13-19(3)18(2)12-20(22)4/h6-14H,15-16H2,1-5H3. The number of hydrogen-bond acceptors (Lipinski definition) is 4. The van der Waals surface area contributed by atoms with Crippen LogP contribution in [0.15, 0.2) is 54.6 Å². The molecule has 0 N–H and O–H groups in total.